The Hall–Kier alpha value is -3.69. The number of carbonyl (C=O) groups excluding carboxylic acids is 1. The Morgan fingerprint density at radius 1 is 1.02 bits per heavy atom. The summed E-state index contributed by atoms with van der Waals surface area (Å²) < 4.78 is 58.6. The van der Waals surface area contributed by atoms with Gasteiger partial charge in [-0.15, -0.1) is 11.3 Å². The van der Waals surface area contributed by atoms with Gasteiger partial charge in [0.25, 0.3) is 0 Å². The van der Waals surface area contributed by atoms with Crippen molar-refractivity contribution in [3.8, 4) is 11.5 Å². The standard InChI is InChI=1S/C46H62N2O10S2/c1-29(2)26-48(60(52,53)35-16-14-33(54-6)15-17-35)22-19-32(47-44(51)58-39-28-57-46(5)38(39)20-23-56-46)24-30-10-12-34(13-11-30)55-27-31-8-7-9-36(31)42-41(43(49)50)37-25-45(3,4)21-18-40(37)59-42/h10-17,29,31-32,36,38-39H,7-9,18-28H2,1-6H3,(H,47,51)(H,49,50)/t31?,32-,36?,38+,39+,46-/m1/s1. The molecule has 2 aliphatic carbocycles. The summed E-state index contributed by atoms with van der Waals surface area (Å²) in [5.41, 5.74) is 2.64. The molecule has 2 N–H and O–H groups in total. The number of hydrogen-bond acceptors (Lipinski definition) is 10. The molecule has 14 heteroatoms. The van der Waals surface area contributed by atoms with Crippen molar-refractivity contribution in [1.29, 1.82) is 0 Å². The number of aromatic carboxylic acids is 1. The van der Waals surface area contributed by atoms with Crippen molar-refractivity contribution in [1.82, 2.24) is 9.62 Å². The molecule has 3 fully saturated rings. The van der Waals surface area contributed by atoms with Crippen LogP contribution in [0, 0.1) is 23.2 Å². The SMILES string of the molecule is COc1ccc(S(=O)(=O)N(CC[C@H](Cc2ccc(OCC3CCCC3c3sc4c(c3C(=O)O)CC(C)(C)CC4)cc2)NC(=O)O[C@H]2CO[C@@]3(C)OCC[C@@H]23)CC(C)C)cc1. The summed E-state index contributed by atoms with van der Waals surface area (Å²) in [4.78, 5) is 28.6. The minimum atomic E-state index is -3.85. The molecule has 0 bridgehead atoms. The highest BCUT2D eigenvalue weighted by Crippen LogP contribution is 2.49. The van der Waals surface area contributed by atoms with E-state index in [1.807, 2.05) is 45.0 Å². The van der Waals surface area contributed by atoms with Crippen molar-refractivity contribution < 1.29 is 46.8 Å². The maximum atomic E-state index is 13.9. The van der Waals surface area contributed by atoms with Gasteiger partial charge in [-0.1, -0.05) is 46.2 Å². The van der Waals surface area contributed by atoms with Crippen molar-refractivity contribution in [3.63, 3.8) is 0 Å². The molecule has 6 atom stereocenters. The van der Waals surface area contributed by atoms with Gasteiger partial charge >= 0.3 is 12.1 Å². The number of aryl methyl sites for hydroxylation is 1. The van der Waals surface area contributed by atoms with Crippen LogP contribution < -0.4 is 14.8 Å². The summed E-state index contributed by atoms with van der Waals surface area (Å²) in [5, 5.41) is 13.4. The van der Waals surface area contributed by atoms with Gasteiger partial charge in [0.1, 0.15) is 17.6 Å². The zero-order valence-electron chi connectivity index (χ0n) is 35.9. The van der Waals surface area contributed by atoms with Gasteiger partial charge < -0.3 is 34.1 Å². The third-order valence-electron chi connectivity index (χ3n) is 12.9. The molecular formula is C46H62N2O10S2. The number of thiophene rings is 1. The van der Waals surface area contributed by atoms with Crippen LogP contribution in [-0.2, 0) is 43.5 Å². The first-order valence-corrected chi connectivity index (χ1v) is 23.8. The lowest BCUT2D eigenvalue weighted by atomic mass is 9.75. The van der Waals surface area contributed by atoms with E-state index in [9.17, 15) is 23.1 Å². The highest BCUT2D eigenvalue weighted by atomic mass is 32.2. The van der Waals surface area contributed by atoms with Crippen LogP contribution in [0.25, 0.3) is 0 Å². The summed E-state index contributed by atoms with van der Waals surface area (Å²) in [7, 11) is -2.31. The molecule has 0 radical (unpaired) electrons. The van der Waals surface area contributed by atoms with Crippen molar-refractivity contribution >= 4 is 33.4 Å². The maximum Gasteiger partial charge on any atom is 0.407 e. The smallest absolute Gasteiger partial charge is 0.407 e. The monoisotopic (exact) mass is 866 g/mol. The van der Waals surface area contributed by atoms with Crippen LogP contribution in [-0.4, -0.2) is 87.8 Å². The molecule has 2 aromatic carbocycles. The zero-order valence-corrected chi connectivity index (χ0v) is 37.5. The van der Waals surface area contributed by atoms with Crippen molar-refractivity contribution in [2.45, 2.75) is 121 Å². The van der Waals surface area contributed by atoms with Gasteiger partial charge in [-0.25, -0.2) is 18.0 Å². The predicted octanol–water partition coefficient (Wildman–Crippen LogP) is 8.46. The maximum absolute atomic E-state index is 13.9. The second-order valence-corrected chi connectivity index (χ2v) is 21.5. The summed E-state index contributed by atoms with van der Waals surface area (Å²) >= 11 is 1.72. The van der Waals surface area contributed by atoms with E-state index in [1.54, 1.807) is 35.6 Å². The largest absolute Gasteiger partial charge is 0.497 e. The molecule has 2 unspecified atom stereocenters. The van der Waals surface area contributed by atoms with Crippen LogP contribution in [0.2, 0.25) is 0 Å². The average molecular weight is 867 g/mol. The minimum Gasteiger partial charge on any atom is -0.497 e. The average Bonchev–Trinajstić information content (AvgIpc) is 3.98. The molecule has 60 heavy (non-hydrogen) atoms. The van der Waals surface area contributed by atoms with E-state index in [4.69, 9.17) is 23.7 Å². The number of ether oxygens (including phenoxy) is 5. The normalized spacial score (nSPS) is 25.2. The van der Waals surface area contributed by atoms with Crippen LogP contribution in [0.15, 0.2) is 53.4 Å². The highest BCUT2D eigenvalue weighted by molar-refractivity contribution is 7.89. The first kappa shape index (κ1) is 44.4. The summed E-state index contributed by atoms with van der Waals surface area (Å²) in [6, 6.07) is 13.7. The number of methoxy groups -OCH3 is 1. The van der Waals surface area contributed by atoms with Crippen molar-refractivity contribution in [3.05, 3.63) is 75.0 Å². The van der Waals surface area contributed by atoms with Gasteiger partial charge in [0.2, 0.25) is 10.0 Å². The van der Waals surface area contributed by atoms with E-state index in [1.165, 1.54) is 16.3 Å². The molecule has 2 saturated heterocycles. The summed E-state index contributed by atoms with van der Waals surface area (Å²) in [6.45, 7) is 12.1. The van der Waals surface area contributed by atoms with E-state index >= 15 is 0 Å². The van der Waals surface area contributed by atoms with Gasteiger partial charge in [0.05, 0.1) is 43.3 Å². The number of carbonyl (C=O) groups is 2. The van der Waals surface area contributed by atoms with Crippen LogP contribution in [0.3, 0.4) is 0 Å². The van der Waals surface area contributed by atoms with Crippen LogP contribution in [0.1, 0.15) is 110 Å². The zero-order chi connectivity index (χ0) is 42.8. The molecule has 4 aliphatic rings. The second-order valence-electron chi connectivity index (χ2n) is 18.4. The lowest BCUT2D eigenvalue weighted by Gasteiger charge is -2.29. The molecule has 2 aliphatic heterocycles. The van der Waals surface area contributed by atoms with Crippen LogP contribution >= 0.6 is 11.3 Å². The number of carboxylic acids is 1. The van der Waals surface area contributed by atoms with Gasteiger partial charge in [0.15, 0.2) is 5.79 Å². The molecule has 1 aromatic heterocycles. The van der Waals surface area contributed by atoms with E-state index in [0.717, 1.165) is 66.7 Å². The molecule has 7 rings (SSSR count). The van der Waals surface area contributed by atoms with E-state index in [2.05, 4.69) is 19.2 Å². The molecule has 3 heterocycles. The van der Waals surface area contributed by atoms with Gasteiger partial charge in [-0.3, -0.25) is 0 Å². The van der Waals surface area contributed by atoms with Crippen LogP contribution in [0.5, 0.6) is 11.5 Å². The number of nitrogens with one attached hydrogen (secondary N) is 1. The molecular weight excluding hydrogens is 805 g/mol. The Kier molecular flexibility index (Phi) is 13.6. The number of hydrogen-bond donors (Lipinski definition) is 2. The fourth-order valence-corrected chi connectivity index (χ4v) is 12.8. The number of alkyl carbamates (subject to hydrolysis) is 1. The number of benzene rings is 2. The molecule has 3 aromatic rings. The number of carboxylic acid groups (broad SMARTS) is 1. The van der Waals surface area contributed by atoms with E-state index in [-0.39, 0.29) is 47.1 Å². The lowest BCUT2D eigenvalue weighted by Crippen LogP contribution is -2.43. The van der Waals surface area contributed by atoms with Crippen molar-refractivity contribution in [2.75, 3.05) is 40.0 Å². The lowest BCUT2D eigenvalue weighted by molar-refractivity contribution is -0.181. The Bertz CT molecular complexity index is 2080. The minimum absolute atomic E-state index is 0.0628. The van der Waals surface area contributed by atoms with Gasteiger partial charge in [-0.2, -0.15) is 4.31 Å². The topological polar surface area (TPSA) is 150 Å². The van der Waals surface area contributed by atoms with Crippen molar-refractivity contribution in [2.24, 2.45) is 23.2 Å². The number of rotatable bonds is 17. The number of amides is 1. The molecule has 12 nitrogen and oxygen atoms in total. The Morgan fingerprint density at radius 3 is 2.45 bits per heavy atom. The predicted molar refractivity (Wildman–Crippen MR) is 230 cm³/mol. The highest BCUT2D eigenvalue weighted by Gasteiger charge is 2.53. The number of nitrogens with zero attached hydrogens (tertiary/aromatic N) is 1. The number of sulfonamides is 1. The number of fused-ring (bicyclic) bond motifs is 2. The molecule has 1 saturated carbocycles. The van der Waals surface area contributed by atoms with Crippen LogP contribution in [0.4, 0.5) is 4.79 Å². The molecule has 328 valence electrons. The fourth-order valence-electron chi connectivity index (χ4n) is 9.61. The summed E-state index contributed by atoms with van der Waals surface area (Å²) in [6.07, 6.45) is 6.29. The third kappa shape index (κ3) is 9.99. The van der Waals surface area contributed by atoms with E-state index in [0.29, 0.717) is 43.9 Å². The fraction of sp³-hybridized carbons (Fsp3) is 0.609. The Labute approximate surface area is 359 Å². The Morgan fingerprint density at radius 2 is 1.75 bits per heavy atom. The second kappa shape index (κ2) is 18.3. The van der Waals surface area contributed by atoms with E-state index < -0.39 is 40.0 Å². The first-order valence-electron chi connectivity index (χ1n) is 21.5. The van der Waals surface area contributed by atoms with Gasteiger partial charge in [0, 0.05) is 40.7 Å². The molecule has 0 spiro atoms. The van der Waals surface area contributed by atoms with Gasteiger partial charge in [-0.05, 0) is 117 Å². The summed E-state index contributed by atoms with van der Waals surface area (Å²) in [5.74, 6) is 0.0966. The third-order valence-corrected chi connectivity index (χ3v) is 16.2. The molecule has 1 amide bonds. The quantitative estimate of drug-likeness (QED) is 0.135. The first-order chi connectivity index (χ1) is 28.5. The Balaban J connectivity index is 1.03.